The van der Waals surface area contributed by atoms with Crippen molar-refractivity contribution in [2.75, 3.05) is 0 Å². The van der Waals surface area contributed by atoms with Gasteiger partial charge in [0.1, 0.15) is 5.82 Å². The second-order valence-electron chi connectivity index (χ2n) is 3.18. The summed E-state index contributed by atoms with van der Waals surface area (Å²) in [4.78, 5) is 2.38. The molecule has 0 atom stereocenters. The van der Waals surface area contributed by atoms with Crippen LogP contribution in [0.3, 0.4) is 0 Å². The zero-order valence-electron chi connectivity index (χ0n) is 8.15. The SMILES string of the molecule is Fc1ccccc1-c1c(F)c(F)nc(F)c1F. The van der Waals surface area contributed by atoms with Gasteiger partial charge in [0, 0.05) is 5.56 Å². The fourth-order valence-electron chi connectivity index (χ4n) is 1.39. The highest BCUT2D eigenvalue weighted by Gasteiger charge is 2.23. The van der Waals surface area contributed by atoms with Crippen LogP contribution < -0.4 is 0 Å². The molecular formula is C11H4F5N. The van der Waals surface area contributed by atoms with Crippen LogP contribution in [0, 0.1) is 29.3 Å². The fraction of sp³-hybridized carbons (Fsp3) is 0. The highest BCUT2D eigenvalue weighted by Crippen LogP contribution is 2.29. The molecule has 0 radical (unpaired) electrons. The van der Waals surface area contributed by atoms with Crippen molar-refractivity contribution in [3.05, 3.63) is 53.6 Å². The lowest BCUT2D eigenvalue weighted by molar-refractivity contribution is 0.410. The van der Waals surface area contributed by atoms with Gasteiger partial charge >= 0.3 is 0 Å². The molecule has 0 aliphatic rings. The van der Waals surface area contributed by atoms with E-state index in [9.17, 15) is 22.0 Å². The molecule has 0 aliphatic carbocycles. The molecule has 2 rings (SSSR count). The number of halogens is 5. The average Bonchev–Trinajstić information content (AvgIpc) is 2.29. The second-order valence-corrected chi connectivity index (χ2v) is 3.18. The molecule has 1 nitrogen and oxygen atoms in total. The minimum Gasteiger partial charge on any atom is -0.206 e. The lowest BCUT2D eigenvalue weighted by Crippen LogP contribution is -2.03. The first kappa shape index (κ1) is 11.5. The smallest absolute Gasteiger partial charge is 0.206 e. The Bertz CT molecular complexity index is 556. The molecule has 17 heavy (non-hydrogen) atoms. The second kappa shape index (κ2) is 4.12. The predicted molar refractivity (Wildman–Crippen MR) is 49.5 cm³/mol. The first-order valence-electron chi connectivity index (χ1n) is 4.47. The normalized spacial score (nSPS) is 10.6. The summed E-state index contributed by atoms with van der Waals surface area (Å²) in [6.07, 6.45) is 0. The van der Waals surface area contributed by atoms with Crippen molar-refractivity contribution in [1.82, 2.24) is 4.98 Å². The maximum Gasteiger partial charge on any atom is 0.252 e. The molecule has 0 bridgehead atoms. The Morgan fingerprint density at radius 3 is 1.82 bits per heavy atom. The fourth-order valence-corrected chi connectivity index (χ4v) is 1.39. The molecule has 0 saturated carbocycles. The van der Waals surface area contributed by atoms with E-state index in [4.69, 9.17) is 0 Å². The third-order valence-corrected chi connectivity index (χ3v) is 2.14. The lowest BCUT2D eigenvalue weighted by atomic mass is 10.1. The van der Waals surface area contributed by atoms with E-state index in [-0.39, 0.29) is 0 Å². The predicted octanol–water partition coefficient (Wildman–Crippen LogP) is 3.44. The Kier molecular flexibility index (Phi) is 2.79. The zero-order chi connectivity index (χ0) is 12.6. The zero-order valence-corrected chi connectivity index (χ0v) is 8.15. The first-order chi connectivity index (χ1) is 8.02. The Labute approximate surface area is 92.5 Å². The van der Waals surface area contributed by atoms with E-state index < -0.39 is 40.5 Å². The molecular weight excluding hydrogens is 241 g/mol. The molecule has 0 N–H and O–H groups in total. The van der Waals surface area contributed by atoms with Gasteiger partial charge in [-0.2, -0.15) is 13.8 Å². The van der Waals surface area contributed by atoms with E-state index >= 15 is 0 Å². The summed E-state index contributed by atoms with van der Waals surface area (Å²) in [5, 5.41) is 0. The van der Waals surface area contributed by atoms with Gasteiger partial charge in [-0.25, -0.2) is 13.2 Å². The van der Waals surface area contributed by atoms with Crippen molar-refractivity contribution in [2.24, 2.45) is 0 Å². The minimum absolute atomic E-state index is 0.567. The Hall–Kier alpha value is -1.98. The van der Waals surface area contributed by atoms with E-state index in [1.165, 1.54) is 12.1 Å². The number of rotatable bonds is 1. The standard InChI is InChI=1S/C11H4F5N/c12-6-4-2-1-3-5(6)7-8(13)10(15)17-11(16)9(7)14/h1-4H. The number of aromatic nitrogens is 1. The van der Waals surface area contributed by atoms with Crippen LogP contribution in [0.25, 0.3) is 11.1 Å². The van der Waals surface area contributed by atoms with Crippen molar-refractivity contribution in [3.63, 3.8) is 0 Å². The number of pyridine rings is 1. The summed E-state index contributed by atoms with van der Waals surface area (Å²) in [5.74, 6) is -8.08. The highest BCUT2D eigenvalue weighted by molar-refractivity contribution is 5.65. The van der Waals surface area contributed by atoms with E-state index in [0.717, 1.165) is 12.1 Å². The monoisotopic (exact) mass is 245 g/mol. The molecule has 0 unspecified atom stereocenters. The van der Waals surface area contributed by atoms with E-state index in [1.54, 1.807) is 0 Å². The molecule has 1 aromatic carbocycles. The molecule has 0 fully saturated rings. The van der Waals surface area contributed by atoms with Gasteiger partial charge in [-0.3, -0.25) is 0 Å². The van der Waals surface area contributed by atoms with Crippen molar-refractivity contribution in [2.45, 2.75) is 0 Å². The van der Waals surface area contributed by atoms with Gasteiger partial charge in [0.05, 0.1) is 5.56 Å². The van der Waals surface area contributed by atoms with Crippen LogP contribution in [-0.2, 0) is 0 Å². The maximum absolute atomic E-state index is 13.3. The van der Waals surface area contributed by atoms with Crippen LogP contribution in [0.4, 0.5) is 22.0 Å². The Balaban J connectivity index is 2.80. The maximum atomic E-state index is 13.3. The summed E-state index contributed by atoms with van der Waals surface area (Å²) in [7, 11) is 0. The van der Waals surface area contributed by atoms with Gasteiger partial charge < -0.3 is 0 Å². The topological polar surface area (TPSA) is 12.9 Å². The van der Waals surface area contributed by atoms with Gasteiger partial charge in [-0.05, 0) is 6.07 Å². The van der Waals surface area contributed by atoms with Crippen molar-refractivity contribution >= 4 is 0 Å². The molecule has 1 heterocycles. The minimum atomic E-state index is -1.82. The highest BCUT2D eigenvalue weighted by atomic mass is 19.2. The molecule has 0 aliphatic heterocycles. The van der Waals surface area contributed by atoms with Crippen LogP contribution in [0.1, 0.15) is 0 Å². The van der Waals surface area contributed by atoms with E-state index in [2.05, 4.69) is 4.98 Å². The van der Waals surface area contributed by atoms with Gasteiger partial charge in [0.2, 0.25) is 0 Å². The summed E-state index contributed by atoms with van der Waals surface area (Å²) in [6.45, 7) is 0. The number of hydrogen-bond acceptors (Lipinski definition) is 1. The molecule has 6 heteroatoms. The third-order valence-electron chi connectivity index (χ3n) is 2.14. The summed E-state index contributed by atoms with van der Waals surface area (Å²) in [5.41, 5.74) is -1.67. The van der Waals surface area contributed by atoms with Crippen LogP contribution in [0.5, 0.6) is 0 Å². The molecule has 2 aromatic rings. The van der Waals surface area contributed by atoms with Crippen molar-refractivity contribution in [3.8, 4) is 11.1 Å². The number of hydrogen-bond donors (Lipinski definition) is 0. The molecule has 0 amide bonds. The van der Waals surface area contributed by atoms with Crippen LogP contribution >= 0.6 is 0 Å². The van der Waals surface area contributed by atoms with Gasteiger partial charge in [-0.1, -0.05) is 18.2 Å². The summed E-state index contributed by atoms with van der Waals surface area (Å²) >= 11 is 0. The van der Waals surface area contributed by atoms with Crippen molar-refractivity contribution in [1.29, 1.82) is 0 Å². The van der Waals surface area contributed by atoms with Crippen LogP contribution in [0.2, 0.25) is 0 Å². The average molecular weight is 245 g/mol. The molecule has 0 saturated heterocycles. The largest absolute Gasteiger partial charge is 0.252 e. The van der Waals surface area contributed by atoms with Gasteiger partial charge in [-0.15, -0.1) is 0 Å². The Morgan fingerprint density at radius 2 is 1.29 bits per heavy atom. The lowest BCUT2D eigenvalue weighted by Gasteiger charge is -2.07. The van der Waals surface area contributed by atoms with Gasteiger partial charge in [0.25, 0.3) is 11.9 Å². The molecule has 0 spiro atoms. The third kappa shape index (κ3) is 1.86. The quantitative estimate of drug-likeness (QED) is 0.554. The first-order valence-corrected chi connectivity index (χ1v) is 4.47. The van der Waals surface area contributed by atoms with Crippen LogP contribution in [0.15, 0.2) is 24.3 Å². The van der Waals surface area contributed by atoms with E-state index in [0.29, 0.717) is 0 Å². The molecule has 88 valence electrons. The summed E-state index contributed by atoms with van der Waals surface area (Å²) < 4.78 is 65.5. The number of benzene rings is 1. The van der Waals surface area contributed by atoms with Gasteiger partial charge in [0.15, 0.2) is 11.6 Å². The van der Waals surface area contributed by atoms with Crippen LogP contribution in [-0.4, -0.2) is 4.98 Å². The molecule has 1 aromatic heterocycles. The van der Waals surface area contributed by atoms with Crippen molar-refractivity contribution < 1.29 is 22.0 Å². The Morgan fingerprint density at radius 1 is 0.765 bits per heavy atom. The number of nitrogens with zero attached hydrogens (tertiary/aromatic N) is 1. The van der Waals surface area contributed by atoms with E-state index in [1.807, 2.05) is 0 Å². The summed E-state index contributed by atoms with van der Waals surface area (Å²) in [6, 6.07) is 4.50.